The topological polar surface area (TPSA) is 25.0 Å². The first-order valence-electron chi connectivity index (χ1n) is 4.63. The van der Waals surface area contributed by atoms with Gasteiger partial charge in [-0.2, -0.15) is 0 Å². The number of aromatic amines is 1. The molecule has 0 bridgehead atoms. The SMILES string of the molecule is S=C1OCCc2c1[nH]c1ccccc21. The van der Waals surface area contributed by atoms with E-state index >= 15 is 0 Å². The lowest BCUT2D eigenvalue weighted by Crippen LogP contribution is -2.15. The van der Waals surface area contributed by atoms with Crippen LogP contribution in [0.4, 0.5) is 0 Å². The van der Waals surface area contributed by atoms with E-state index in [0.29, 0.717) is 11.7 Å². The van der Waals surface area contributed by atoms with Crippen LogP contribution in [-0.4, -0.2) is 16.6 Å². The zero-order chi connectivity index (χ0) is 9.54. The Morgan fingerprint density at radius 2 is 2.14 bits per heavy atom. The van der Waals surface area contributed by atoms with Gasteiger partial charge in [0.05, 0.1) is 12.3 Å². The third-order valence-corrected chi connectivity index (χ3v) is 2.92. The smallest absolute Gasteiger partial charge is 0.208 e. The van der Waals surface area contributed by atoms with Gasteiger partial charge in [0, 0.05) is 17.3 Å². The molecule has 70 valence electrons. The molecule has 0 saturated heterocycles. The summed E-state index contributed by atoms with van der Waals surface area (Å²) in [5.41, 5.74) is 3.44. The molecule has 0 amide bonds. The average Bonchev–Trinajstić information content (AvgIpc) is 2.59. The van der Waals surface area contributed by atoms with Crippen LogP contribution in [0.25, 0.3) is 10.9 Å². The van der Waals surface area contributed by atoms with Crippen LogP contribution in [0.1, 0.15) is 11.3 Å². The largest absolute Gasteiger partial charge is 0.481 e. The number of nitrogens with one attached hydrogen (secondary N) is 1. The first-order chi connectivity index (χ1) is 6.86. The summed E-state index contributed by atoms with van der Waals surface area (Å²) < 4.78 is 5.33. The third-order valence-electron chi connectivity index (χ3n) is 2.60. The van der Waals surface area contributed by atoms with Crippen molar-refractivity contribution in [3.05, 3.63) is 35.5 Å². The Morgan fingerprint density at radius 1 is 1.29 bits per heavy atom. The third kappa shape index (κ3) is 0.990. The van der Waals surface area contributed by atoms with E-state index in [1.54, 1.807) is 0 Å². The Bertz CT molecular complexity index is 515. The lowest BCUT2D eigenvalue weighted by molar-refractivity contribution is 0.308. The van der Waals surface area contributed by atoms with Crippen LogP contribution in [0.2, 0.25) is 0 Å². The summed E-state index contributed by atoms with van der Waals surface area (Å²) in [6.07, 6.45) is 0.944. The fourth-order valence-corrected chi connectivity index (χ4v) is 2.21. The molecule has 1 aromatic carbocycles. The molecule has 14 heavy (non-hydrogen) atoms. The molecule has 1 N–H and O–H groups in total. The highest BCUT2D eigenvalue weighted by Crippen LogP contribution is 2.26. The maximum atomic E-state index is 5.33. The van der Waals surface area contributed by atoms with Crippen molar-refractivity contribution in [2.75, 3.05) is 6.61 Å². The van der Waals surface area contributed by atoms with E-state index < -0.39 is 0 Å². The van der Waals surface area contributed by atoms with Crippen molar-refractivity contribution in [1.82, 2.24) is 4.98 Å². The molecule has 0 saturated carbocycles. The second kappa shape index (κ2) is 2.82. The highest BCUT2D eigenvalue weighted by molar-refractivity contribution is 7.80. The van der Waals surface area contributed by atoms with E-state index in [4.69, 9.17) is 17.0 Å². The quantitative estimate of drug-likeness (QED) is 0.665. The molecule has 0 aliphatic carbocycles. The van der Waals surface area contributed by atoms with E-state index in [9.17, 15) is 0 Å². The molecular formula is C11H9NOS. The zero-order valence-corrected chi connectivity index (χ0v) is 8.36. The number of aromatic nitrogens is 1. The maximum absolute atomic E-state index is 5.33. The number of hydrogen-bond acceptors (Lipinski definition) is 2. The van der Waals surface area contributed by atoms with Crippen LogP contribution in [0, 0.1) is 0 Å². The molecule has 0 fully saturated rings. The fraction of sp³-hybridized carbons (Fsp3) is 0.182. The number of H-pyrrole nitrogens is 1. The van der Waals surface area contributed by atoms with Crippen molar-refractivity contribution in [1.29, 1.82) is 0 Å². The Labute approximate surface area is 86.9 Å². The predicted octanol–water partition coefficient (Wildman–Crippen LogP) is 2.42. The molecular weight excluding hydrogens is 194 g/mol. The van der Waals surface area contributed by atoms with Crippen molar-refractivity contribution < 1.29 is 4.74 Å². The number of hydrogen-bond donors (Lipinski definition) is 1. The maximum Gasteiger partial charge on any atom is 0.208 e. The minimum atomic E-state index is 0.599. The molecule has 0 radical (unpaired) electrons. The summed E-state index contributed by atoms with van der Waals surface area (Å²) >= 11 is 5.15. The standard InChI is InChI=1S/C11H9NOS/c14-11-10-8(5-6-13-11)7-3-1-2-4-9(7)12-10/h1-4,12H,5-6H2. The van der Waals surface area contributed by atoms with E-state index in [1.165, 1.54) is 10.9 Å². The molecule has 0 spiro atoms. The number of para-hydroxylation sites is 1. The van der Waals surface area contributed by atoms with Crippen LogP contribution in [0.3, 0.4) is 0 Å². The molecule has 1 aliphatic heterocycles. The van der Waals surface area contributed by atoms with Gasteiger partial charge in [-0.05, 0) is 23.8 Å². The van der Waals surface area contributed by atoms with Gasteiger partial charge in [0.25, 0.3) is 0 Å². The molecule has 3 heteroatoms. The van der Waals surface area contributed by atoms with Crippen molar-refractivity contribution >= 4 is 28.2 Å². The van der Waals surface area contributed by atoms with E-state index in [0.717, 1.165) is 17.6 Å². The van der Waals surface area contributed by atoms with Gasteiger partial charge in [0.2, 0.25) is 5.05 Å². The van der Waals surface area contributed by atoms with Crippen LogP contribution in [0.5, 0.6) is 0 Å². The summed E-state index contributed by atoms with van der Waals surface area (Å²) in [7, 11) is 0. The molecule has 3 rings (SSSR count). The molecule has 1 aromatic heterocycles. The molecule has 2 heterocycles. The van der Waals surface area contributed by atoms with Gasteiger partial charge in [-0.25, -0.2) is 0 Å². The molecule has 0 atom stereocenters. The second-order valence-electron chi connectivity index (χ2n) is 3.41. The lowest BCUT2D eigenvalue weighted by Gasteiger charge is -2.13. The number of benzene rings is 1. The van der Waals surface area contributed by atoms with Gasteiger partial charge in [0.15, 0.2) is 0 Å². The van der Waals surface area contributed by atoms with Gasteiger partial charge < -0.3 is 9.72 Å². The Morgan fingerprint density at radius 3 is 3.07 bits per heavy atom. The van der Waals surface area contributed by atoms with Crippen LogP contribution in [0.15, 0.2) is 24.3 Å². The van der Waals surface area contributed by atoms with Crippen molar-refractivity contribution in [3.63, 3.8) is 0 Å². The highest BCUT2D eigenvalue weighted by Gasteiger charge is 2.19. The van der Waals surface area contributed by atoms with Crippen LogP contribution < -0.4 is 0 Å². The minimum Gasteiger partial charge on any atom is -0.481 e. The second-order valence-corrected chi connectivity index (χ2v) is 3.78. The Balaban J connectivity index is 2.38. The van der Waals surface area contributed by atoms with Gasteiger partial charge in [0.1, 0.15) is 0 Å². The minimum absolute atomic E-state index is 0.599. The zero-order valence-electron chi connectivity index (χ0n) is 7.54. The van der Waals surface area contributed by atoms with Crippen LogP contribution in [-0.2, 0) is 11.2 Å². The number of fused-ring (bicyclic) bond motifs is 3. The number of rotatable bonds is 0. The van der Waals surface area contributed by atoms with Gasteiger partial charge in [-0.1, -0.05) is 18.2 Å². The molecule has 0 unspecified atom stereocenters. The van der Waals surface area contributed by atoms with Crippen molar-refractivity contribution in [2.45, 2.75) is 6.42 Å². The summed E-state index contributed by atoms with van der Waals surface area (Å²) in [5, 5.41) is 1.87. The first kappa shape index (κ1) is 8.00. The van der Waals surface area contributed by atoms with Crippen molar-refractivity contribution in [3.8, 4) is 0 Å². The van der Waals surface area contributed by atoms with Gasteiger partial charge >= 0.3 is 0 Å². The summed E-state index contributed by atoms with van der Waals surface area (Å²) in [5.74, 6) is 0. The summed E-state index contributed by atoms with van der Waals surface area (Å²) in [6, 6.07) is 8.26. The predicted molar refractivity (Wildman–Crippen MR) is 59.7 cm³/mol. The first-order valence-corrected chi connectivity index (χ1v) is 5.04. The monoisotopic (exact) mass is 203 g/mol. The number of thiocarbonyl (C=S) groups is 1. The molecule has 2 nitrogen and oxygen atoms in total. The van der Waals surface area contributed by atoms with Crippen molar-refractivity contribution in [2.24, 2.45) is 0 Å². The molecule has 2 aromatic rings. The summed E-state index contributed by atoms with van der Waals surface area (Å²) in [4.78, 5) is 3.30. The highest BCUT2D eigenvalue weighted by atomic mass is 32.1. The molecule has 1 aliphatic rings. The average molecular weight is 203 g/mol. The lowest BCUT2D eigenvalue weighted by atomic mass is 10.1. The van der Waals surface area contributed by atoms with E-state index in [-0.39, 0.29) is 0 Å². The van der Waals surface area contributed by atoms with E-state index in [2.05, 4.69) is 23.2 Å². The van der Waals surface area contributed by atoms with Gasteiger partial charge in [-0.3, -0.25) is 0 Å². The normalized spacial score (nSPS) is 15.3. The van der Waals surface area contributed by atoms with Gasteiger partial charge in [-0.15, -0.1) is 0 Å². The fourth-order valence-electron chi connectivity index (χ4n) is 1.95. The Kier molecular flexibility index (Phi) is 1.61. The number of ether oxygens (including phenoxy) is 1. The van der Waals surface area contributed by atoms with Crippen LogP contribution >= 0.6 is 12.2 Å². The van der Waals surface area contributed by atoms with E-state index in [1.807, 2.05) is 6.07 Å². The Hall–Kier alpha value is -1.35. The summed E-state index contributed by atoms with van der Waals surface area (Å²) in [6.45, 7) is 0.702.